The number of nitrogens with zero attached hydrogens (tertiary/aromatic N) is 2. The molecule has 3 atom stereocenters. The molecular formula is C18H26N2O2. The van der Waals surface area contributed by atoms with Gasteiger partial charge < -0.3 is 9.84 Å². The van der Waals surface area contributed by atoms with E-state index in [0.717, 1.165) is 44.8 Å². The molecular weight excluding hydrogens is 276 g/mol. The summed E-state index contributed by atoms with van der Waals surface area (Å²) < 4.78 is 5.22. The van der Waals surface area contributed by atoms with Gasteiger partial charge in [-0.05, 0) is 30.5 Å². The van der Waals surface area contributed by atoms with Crippen molar-refractivity contribution in [3.05, 3.63) is 42.5 Å². The van der Waals surface area contributed by atoms with Gasteiger partial charge in [-0.15, -0.1) is 6.58 Å². The minimum atomic E-state index is -0.224. The number of methoxy groups -OCH3 is 1. The summed E-state index contributed by atoms with van der Waals surface area (Å²) in [7, 11) is 1.69. The molecule has 4 rings (SSSR count). The second-order valence-corrected chi connectivity index (χ2v) is 6.39. The minimum Gasteiger partial charge on any atom is -0.497 e. The zero-order valence-electron chi connectivity index (χ0n) is 13.3. The number of aliphatic hydroxyl groups is 1. The first-order valence-electron chi connectivity index (χ1n) is 8.11. The second-order valence-electron chi connectivity index (χ2n) is 6.39. The molecule has 3 aliphatic rings. The summed E-state index contributed by atoms with van der Waals surface area (Å²) in [6, 6.07) is 9.00. The van der Waals surface area contributed by atoms with Crippen molar-refractivity contribution in [1.29, 1.82) is 0 Å². The van der Waals surface area contributed by atoms with E-state index in [0.29, 0.717) is 6.04 Å². The van der Waals surface area contributed by atoms with E-state index in [9.17, 15) is 5.11 Å². The molecule has 0 aliphatic carbocycles. The van der Waals surface area contributed by atoms with Gasteiger partial charge >= 0.3 is 0 Å². The Bertz CT molecular complexity index is 502. The molecule has 3 fully saturated rings. The van der Waals surface area contributed by atoms with E-state index in [1.54, 1.807) is 7.11 Å². The van der Waals surface area contributed by atoms with Crippen molar-refractivity contribution in [1.82, 2.24) is 9.80 Å². The number of aliphatic hydroxyl groups excluding tert-OH is 1. The molecule has 22 heavy (non-hydrogen) atoms. The molecule has 4 nitrogen and oxygen atoms in total. The fraction of sp³-hybridized carbons (Fsp3) is 0.556. The van der Waals surface area contributed by atoms with Gasteiger partial charge in [-0.3, -0.25) is 9.80 Å². The number of benzene rings is 1. The van der Waals surface area contributed by atoms with Crippen LogP contribution in [0.15, 0.2) is 36.9 Å². The van der Waals surface area contributed by atoms with Gasteiger partial charge in [0.05, 0.1) is 13.2 Å². The van der Waals surface area contributed by atoms with Gasteiger partial charge in [-0.2, -0.15) is 0 Å². The summed E-state index contributed by atoms with van der Waals surface area (Å²) in [5, 5.41) is 10.5. The van der Waals surface area contributed by atoms with Crippen LogP contribution < -0.4 is 4.74 Å². The molecule has 0 amide bonds. The maximum atomic E-state index is 10.5. The van der Waals surface area contributed by atoms with Gasteiger partial charge in [0, 0.05) is 38.3 Å². The minimum absolute atomic E-state index is 0.223. The molecule has 0 aromatic heterocycles. The van der Waals surface area contributed by atoms with Crippen LogP contribution >= 0.6 is 0 Å². The van der Waals surface area contributed by atoms with Crippen molar-refractivity contribution in [3.63, 3.8) is 0 Å². The first kappa shape index (κ1) is 15.5. The lowest BCUT2D eigenvalue weighted by molar-refractivity contribution is -0.00422. The van der Waals surface area contributed by atoms with Crippen molar-refractivity contribution in [2.45, 2.75) is 37.6 Å². The normalized spacial score (nSPS) is 29.3. The zero-order chi connectivity index (χ0) is 15.5. The van der Waals surface area contributed by atoms with Crippen molar-refractivity contribution in [2.75, 3.05) is 26.7 Å². The predicted molar refractivity (Wildman–Crippen MR) is 88.0 cm³/mol. The Morgan fingerprint density at radius 2 is 2.00 bits per heavy atom. The Balaban J connectivity index is 1.72. The molecule has 0 radical (unpaired) electrons. The van der Waals surface area contributed by atoms with Crippen LogP contribution in [0.25, 0.3) is 0 Å². The fourth-order valence-corrected chi connectivity index (χ4v) is 3.76. The molecule has 3 saturated heterocycles. The number of fused-ring (bicyclic) bond motifs is 4. The highest BCUT2D eigenvalue weighted by atomic mass is 16.5. The van der Waals surface area contributed by atoms with E-state index in [-0.39, 0.29) is 12.1 Å². The predicted octanol–water partition coefficient (Wildman–Crippen LogP) is 1.89. The molecule has 3 aliphatic heterocycles. The molecule has 120 valence electrons. The number of piperazine rings is 1. The lowest BCUT2D eigenvalue weighted by atomic mass is 10.1. The third kappa shape index (κ3) is 3.19. The largest absolute Gasteiger partial charge is 0.497 e. The second kappa shape index (κ2) is 6.82. The average Bonchev–Trinajstić information content (AvgIpc) is 2.78. The monoisotopic (exact) mass is 302 g/mol. The van der Waals surface area contributed by atoms with Crippen LogP contribution in [0.2, 0.25) is 0 Å². The maximum Gasteiger partial charge on any atom is 0.118 e. The maximum absolute atomic E-state index is 10.5. The Morgan fingerprint density at radius 3 is 2.68 bits per heavy atom. The molecule has 0 unspecified atom stereocenters. The van der Waals surface area contributed by atoms with E-state index >= 15 is 0 Å². The van der Waals surface area contributed by atoms with Crippen LogP contribution in [0, 0.1) is 0 Å². The van der Waals surface area contributed by atoms with Gasteiger partial charge in [0.2, 0.25) is 0 Å². The number of ether oxygens (including phenoxy) is 1. The van der Waals surface area contributed by atoms with E-state index in [4.69, 9.17) is 4.74 Å². The van der Waals surface area contributed by atoms with Crippen LogP contribution in [-0.4, -0.2) is 59.8 Å². The summed E-state index contributed by atoms with van der Waals surface area (Å²) in [5.74, 6) is 0.887. The van der Waals surface area contributed by atoms with Gasteiger partial charge in [0.15, 0.2) is 0 Å². The third-order valence-electron chi connectivity index (χ3n) is 5.00. The van der Waals surface area contributed by atoms with Crippen LogP contribution in [-0.2, 0) is 6.54 Å². The molecule has 4 heteroatoms. The molecule has 2 bridgehead atoms. The average molecular weight is 302 g/mol. The van der Waals surface area contributed by atoms with Crippen molar-refractivity contribution in [3.8, 4) is 5.75 Å². The highest BCUT2D eigenvalue weighted by Crippen LogP contribution is 2.29. The van der Waals surface area contributed by atoms with E-state index < -0.39 is 0 Å². The molecule has 0 spiro atoms. The Kier molecular flexibility index (Phi) is 4.81. The van der Waals surface area contributed by atoms with E-state index in [1.807, 2.05) is 18.2 Å². The Labute approximate surface area is 133 Å². The van der Waals surface area contributed by atoms with Gasteiger partial charge in [0.1, 0.15) is 5.75 Å². The van der Waals surface area contributed by atoms with Crippen LogP contribution in [0.1, 0.15) is 18.4 Å². The van der Waals surface area contributed by atoms with Gasteiger partial charge in [-0.1, -0.05) is 18.2 Å². The lowest BCUT2D eigenvalue weighted by Crippen LogP contribution is -2.58. The first-order valence-corrected chi connectivity index (χ1v) is 8.11. The van der Waals surface area contributed by atoms with Crippen molar-refractivity contribution >= 4 is 0 Å². The Hall–Kier alpha value is -1.36. The third-order valence-corrected chi connectivity index (χ3v) is 5.00. The summed E-state index contributed by atoms with van der Waals surface area (Å²) in [4.78, 5) is 4.92. The number of hydrogen-bond donors (Lipinski definition) is 1. The highest BCUT2D eigenvalue weighted by molar-refractivity contribution is 5.27. The van der Waals surface area contributed by atoms with Gasteiger partial charge in [-0.25, -0.2) is 0 Å². The van der Waals surface area contributed by atoms with Crippen LogP contribution in [0.4, 0.5) is 0 Å². The summed E-state index contributed by atoms with van der Waals surface area (Å²) in [6.07, 6.45) is 3.73. The van der Waals surface area contributed by atoms with Gasteiger partial charge in [0.25, 0.3) is 0 Å². The van der Waals surface area contributed by atoms with Crippen molar-refractivity contribution in [2.24, 2.45) is 0 Å². The fourth-order valence-electron chi connectivity index (χ4n) is 3.76. The van der Waals surface area contributed by atoms with E-state index in [1.165, 1.54) is 5.56 Å². The lowest BCUT2D eigenvalue weighted by Gasteiger charge is -2.44. The molecule has 1 N–H and O–H groups in total. The topological polar surface area (TPSA) is 35.9 Å². The smallest absolute Gasteiger partial charge is 0.118 e. The Morgan fingerprint density at radius 1 is 1.23 bits per heavy atom. The zero-order valence-corrected chi connectivity index (χ0v) is 13.3. The summed E-state index contributed by atoms with van der Waals surface area (Å²) in [5.41, 5.74) is 1.27. The SMILES string of the molecule is C=CCN1C[C@@H]2[C@@H](O)CC[C@H]1CN2Cc1ccc(OC)cc1. The molecule has 0 saturated carbocycles. The molecule has 1 aromatic rings. The molecule has 3 heterocycles. The van der Waals surface area contributed by atoms with Crippen LogP contribution in [0.5, 0.6) is 5.75 Å². The van der Waals surface area contributed by atoms with Crippen molar-refractivity contribution < 1.29 is 9.84 Å². The number of hydrogen-bond acceptors (Lipinski definition) is 4. The van der Waals surface area contributed by atoms with Crippen LogP contribution in [0.3, 0.4) is 0 Å². The van der Waals surface area contributed by atoms with E-state index in [2.05, 4.69) is 28.5 Å². The highest BCUT2D eigenvalue weighted by Gasteiger charge is 2.40. The quantitative estimate of drug-likeness (QED) is 0.843. The molecule has 1 aromatic carbocycles. The first-order chi connectivity index (χ1) is 10.7. The summed E-state index contributed by atoms with van der Waals surface area (Å²) in [6.45, 7) is 7.64. The summed E-state index contributed by atoms with van der Waals surface area (Å²) >= 11 is 0. The number of rotatable bonds is 5. The standard InChI is InChI=1S/C18H26N2O2/c1-3-10-19-13-17-18(21)9-6-15(19)12-20(17)11-14-4-7-16(22-2)8-5-14/h3-5,7-8,15,17-18,21H,1,6,9-13H2,2H3/t15-,17+,18-/m0/s1.